The second-order valence-electron chi connectivity index (χ2n) is 6.35. The number of primary amides is 1. The van der Waals surface area contributed by atoms with Crippen LogP contribution in [-0.2, 0) is 14.9 Å². The van der Waals surface area contributed by atoms with Crippen LogP contribution < -0.4 is 5.73 Å². The van der Waals surface area contributed by atoms with Crippen molar-refractivity contribution in [2.75, 3.05) is 25.4 Å². The van der Waals surface area contributed by atoms with Crippen molar-refractivity contribution in [1.29, 1.82) is 0 Å². The van der Waals surface area contributed by atoms with Crippen molar-refractivity contribution in [3.63, 3.8) is 0 Å². The molecule has 0 fully saturated rings. The van der Waals surface area contributed by atoms with E-state index in [2.05, 4.69) is 13.8 Å². The van der Waals surface area contributed by atoms with E-state index in [0.29, 0.717) is 12.0 Å². The largest absolute Gasteiger partial charge is 0.366 e. The molecule has 0 rings (SSSR count). The summed E-state index contributed by atoms with van der Waals surface area (Å²) < 4.78 is 31.9. The van der Waals surface area contributed by atoms with Crippen LogP contribution in [0.5, 0.6) is 0 Å². The minimum absolute atomic E-state index is 0.124. The average Bonchev–Trinajstić information content (AvgIpc) is 2.43. The van der Waals surface area contributed by atoms with E-state index in [-0.39, 0.29) is 11.8 Å². The molecule has 0 bridgehead atoms. The third-order valence-electron chi connectivity index (χ3n) is 4.48. The third-order valence-corrected chi connectivity index (χ3v) is 5.23. The summed E-state index contributed by atoms with van der Waals surface area (Å²) >= 11 is 0. The molecule has 0 radical (unpaired) electrons. The zero-order chi connectivity index (χ0) is 18.1. The lowest BCUT2D eigenvalue weighted by Crippen LogP contribution is -2.56. The molecule has 0 spiro atoms. The van der Waals surface area contributed by atoms with Gasteiger partial charge in [-0.1, -0.05) is 19.9 Å². The van der Waals surface area contributed by atoms with E-state index in [4.69, 9.17) is 10.3 Å². The maximum absolute atomic E-state index is 11.1. The van der Waals surface area contributed by atoms with Crippen molar-refractivity contribution in [2.24, 2.45) is 5.73 Å². The summed E-state index contributed by atoms with van der Waals surface area (Å²) in [6, 6.07) is 0.124. The fraction of sp³-hybridized carbons (Fsp3) is 0.812. The van der Waals surface area contributed by atoms with Gasteiger partial charge in [0.1, 0.15) is 0 Å². The maximum atomic E-state index is 11.1. The molecule has 0 aromatic heterocycles. The highest BCUT2D eigenvalue weighted by molar-refractivity contribution is 7.85. The Kier molecular flexibility index (Phi) is 9.65. The number of hydrogen-bond acceptors (Lipinski definition) is 3. The van der Waals surface area contributed by atoms with Gasteiger partial charge in [-0.25, -0.2) is 0 Å². The van der Waals surface area contributed by atoms with Crippen molar-refractivity contribution in [3.8, 4) is 0 Å². The Morgan fingerprint density at radius 2 is 1.74 bits per heavy atom. The predicted molar refractivity (Wildman–Crippen MR) is 93.5 cm³/mol. The summed E-state index contributed by atoms with van der Waals surface area (Å²) in [6.45, 7) is 10.7. The van der Waals surface area contributed by atoms with Crippen molar-refractivity contribution in [2.45, 2.75) is 59.4 Å². The van der Waals surface area contributed by atoms with Crippen LogP contribution in [0.2, 0.25) is 0 Å². The molecule has 0 aliphatic rings. The Labute approximate surface area is 141 Å². The van der Waals surface area contributed by atoms with Crippen LogP contribution in [0.1, 0.15) is 53.4 Å². The standard InChI is InChI=1S/C16H32N2O4S/c1-5-10-18(11-6-2,12-7-8-14(3)16(17)19)15(4)9-13-23(20,21)22/h8,15H,5-7,9-13H2,1-4H3,(H2-,17,19,20,21,22)/p+1. The van der Waals surface area contributed by atoms with E-state index in [1.807, 2.05) is 13.0 Å². The highest BCUT2D eigenvalue weighted by Gasteiger charge is 2.32. The van der Waals surface area contributed by atoms with Gasteiger partial charge in [0, 0.05) is 18.4 Å². The first-order valence-corrected chi connectivity index (χ1v) is 9.96. The van der Waals surface area contributed by atoms with Gasteiger partial charge < -0.3 is 10.2 Å². The average molecular weight is 350 g/mol. The van der Waals surface area contributed by atoms with Gasteiger partial charge in [-0.2, -0.15) is 8.42 Å². The molecule has 7 heteroatoms. The Hall–Kier alpha value is -0.920. The van der Waals surface area contributed by atoms with Gasteiger partial charge in [0.05, 0.1) is 31.4 Å². The maximum Gasteiger partial charge on any atom is 0.265 e. The number of rotatable bonds is 12. The molecule has 1 atom stereocenters. The molecule has 23 heavy (non-hydrogen) atoms. The van der Waals surface area contributed by atoms with Gasteiger partial charge in [0.15, 0.2) is 0 Å². The fourth-order valence-electron chi connectivity index (χ4n) is 3.12. The van der Waals surface area contributed by atoms with Crippen molar-refractivity contribution in [3.05, 3.63) is 11.6 Å². The quantitative estimate of drug-likeness (QED) is 0.320. The Balaban J connectivity index is 5.12. The van der Waals surface area contributed by atoms with Crippen LogP contribution in [-0.4, -0.2) is 54.8 Å². The number of carbonyl (C=O) groups excluding carboxylic acids is 1. The lowest BCUT2D eigenvalue weighted by atomic mass is 10.1. The summed E-state index contributed by atoms with van der Waals surface area (Å²) in [5.41, 5.74) is 5.81. The van der Waals surface area contributed by atoms with Gasteiger partial charge in [-0.3, -0.25) is 9.35 Å². The van der Waals surface area contributed by atoms with Crippen LogP contribution in [0.15, 0.2) is 11.6 Å². The summed E-state index contributed by atoms with van der Waals surface area (Å²) in [6.07, 6.45) is 5.00. The normalized spacial score (nSPS) is 14.7. The molecule has 0 aliphatic heterocycles. The van der Waals surface area contributed by atoms with Crippen LogP contribution in [0.3, 0.4) is 0 Å². The number of nitrogens with two attached hydrogens (primary N) is 1. The van der Waals surface area contributed by atoms with Gasteiger partial charge >= 0.3 is 0 Å². The number of carbonyl (C=O) groups is 1. The van der Waals surface area contributed by atoms with Crippen LogP contribution in [0.4, 0.5) is 0 Å². The molecular formula is C16H33N2O4S+. The first-order valence-electron chi connectivity index (χ1n) is 8.35. The van der Waals surface area contributed by atoms with E-state index in [1.54, 1.807) is 6.92 Å². The third kappa shape index (κ3) is 8.48. The van der Waals surface area contributed by atoms with Crippen LogP contribution in [0, 0.1) is 0 Å². The lowest BCUT2D eigenvalue weighted by Gasteiger charge is -2.44. The van der Waals surface area contributed by atoms with Gasteiger partial charge in [0.25, 0.3) is 10.1 Å². The summed E-state index contributed by atoms with van der Waals surface area (Å²) in [5, 5.41) is 0. The SMILES string of the molecule is CCC[N+](CCC)(CCC=C(C)C(N)=O)C(C)CCS(=O)(=O)O. The van der Waals surface area contributed by atoms with E-state index >= 15 is 0 Å². The van der Waals surface area contributed by atoms with Crippen LogP contribution in [0.25, 0.3) is 0 Å². The monoisotopic (exact) mass is 349 g/mol. The fourth-order valence-corrected chi connectivity index (χ4v) is 3.76. The minimum Gasteiger partial charge on any atom is -0.366 e. The van der Waals surface area contributed by atoms with Crippen LogP contribution >= 0.6 is 0 Å². The highest BCUT2D eigenvalue weighted by atomic mass is 32.2. The molecule has 1 amide bonds. The molecule has 0 aromatic rings. The van der Waals surface area contributed by atoms with Gasteiger partial charge in [-0.15, -0.1) is 0 Å². The number of quaternary nitrogens is 1. The summed E-state index contributed by atoms with van der Waals surface area (Å²) in [7, 11) is -3.94. The lowest BCUT2D eigenvalue weighted by molar-refractivity contribution is -0.949. The molecular weight excluding hydrogens is 316 g/mol. The van der Waals surface area contributed by atoms with E-state index < -0.39 is 16.0 Å². The Bertz CT molecular complexity index is 494. The minimum atomic E-state index is -3.94. The Morgan fingerprint density at radius 1 is 1.22 bits per heavy atom. The molecule has 136 valence electrons. The molecule has 0 heterocycles. The zero-order valence-electron chi connectivity index (χ0n) is 14.9. The van der Waals surface area contributed by atoms with E-state index in [0.717, 1.165) is 43.4 Å². The number of nitrogens with zero attached hydrogens (tertiary/aromatic N) is 1. The smallest absolute Gasteiger partial charge is 0.265 e. The Morgan fingerprint density at radius 3 is 2.13 bits per heavy atom. The molecule has 3 N–H and O–H groups in total. The molecule has 1 unspecified atom stereocenters. The predicted octanol–water partition coefficient (Wildman–Crippen LogP) is 2.11. The van der Waals surface area contributed by atoms with Crippen molar-refractivity contribution in [1.82, 2.24) is 0 Å². The summed E-state index contributed by atoms with van der Waals surface area (Å²) in [4.78, 5) is 11.1. The first-order chi connectivity index (χ1) is 10.6. The second-order valence-corrected chi connectivity index (χ2v) is 7.93. The van der Waals surface area contributed by atoms with Crippen molar-refractivity contribution < 1.29 is 22.2 Å². The highest BCUT2D eigenvalue weighted by Crippen LogP contribution is 2.21. The molecule has 6 nitrogen and oxygen atoms in total. The topological polar surface area (TPSA) is 97.5 Å². The summed E-state index contributed by atoms with van der Waals surface area (Å²) in [5.74, 6) is -0.619. The number of hydrogen-bond donors (Lipinski definition) is 2. The molecule has 0 aliphatic carbocycles. The van der Waals surface area contributed by atoms with Crippen molar-refractivity contribution >= 4 is 16.0 Å². The van der Waals surface area contributed by atoms with Gasteiger partial charge in [0.2, 0.25) is 5.91 Å². The second kappa shape index (κ2) is 10.1. The number of amides is 1. The molecule has 0 saturated heterocycles. The zero-order valence-corrected chi connectivity index (χ0v) is 15.7. The molecule has 0 aromatic carbocycles. The molecule has 0 saturated carbocycles. The van der Waals surface area contributed by atoms with Gasteiger partial charge in [-0.05, 0) is 26.7 Å². The van der Waals surface area contributed by atoms with E-state index in [1.165, 1.54) is 0 Å². The first kappa shape index (κ1) is 22.1. The van der Waals surface area contributed by atoms with E-state index in [9.17, 15) is 13.2 Å².